The van der Waals surface area contributed by atoms with Crippen LogP contribution < -0.4 is 26.0 Å². The molecule has 1 atom stereocenters. The van der Waals surface area contributed by atoms with Crippen LogP contribution in [-0.2, 0) is 9.59 Å². The fourth-order valence-electron chi connectivity index (χ4n) is 8.92. The Hall–Kier alpha value is -4.25. The maximum Gasteiger partial charge on any atom is 0.274 e. The average Bonchev–Trinajstić information content (AvgIpc) is 3.10. The van der Waals surface area contributed by atoms with E-state index in [0.717, 1.165) is 81.7 Å². The zero-order valence-electron chi connectivity index (χ0n) is 30.3. The molecule has 0 bridgehead atoms. The third-order valence-electron chi connectivity index (χ3n) is 11.3. The molecule has 2 saturated heterocycles. The first-order valence-electron chi connectivity index (χ1n) is 18.2. The second-order valence-electron chi connectivity index (χ2n) is 16.1. The molecule has 1 aromatic heterocycles. The quantitative estimate of drug-likeness (QED) is 0.282. The molecule has 1 saturated carbocycles. The van der Waals surface area contributed by atoms with Crippen LogP contribution in [0.5, 0.6) is 0 Å². The minimum atomic E-state index is -0.367. The number of hydrogen-bond donors (Lipinski definition) is 2. The number of fused-ring (bicyclic) bond motifs is 1. The van der Waals surface area contributed by atoms with Crippen molar-refractivity contribution in [2.75, 3.05) is 55.6 Å². The molecule has 1 unspecified atom stereocenters. The van der Waals surface area contributed by atoms with Crippen LogP contribution in [0.15, 0.2) is 53.5 Å². The van der Waals surface area contributed by atoms with Crippen molar-refractivity contribution in [3.05, 3.63) is 64.6 Å². The van der Waals surface area contributed by atoms with Crippen LogP contribution in [0.3, 0.4) is 0 Å². The van der Waals surface area contributed by atoms with Crippen LogP contribution in [0.2, 0.25) is 0 Å². The van der Waals surface area contributed by atoms with Gasteiger partial charge in [-0.2, -0.15) is 5.10 Å². The van der Waals surface area contributed by atoms with E-state index in [1.807, 2.05) is 31.2 Å². The van der Waals surface area contributed by atoms with E-state index in [1.54, 1.807) is 6.20 Å². The number of nitrogens with zero attached hydrogens (tertiary/aromatic N) is 5. The van der Waals surface area contributed by atoms with Crippen LogP contribution in [0, 0.1) is 16.7 Å². The van der Waals surface area contributed by atoms with E-state index in [1.165, 1.54) is 10.4 Å². The van der Waals surface area contributed by atoms with Gasteiger partial charge in [0.15, 0.2) is 0 Å². The summed E-state index contributed by atoms with van der Waals surface area (Å²) in [5.41, 5.74) is 3.10. The van der Waals surface area contributed by atoms with Gasteiger partial charge in [-0.05, 0) is 91.8 Å². The van der Waals surface area contributed by atoms with Crippen LogP contribution in [-0.4, -0.2) is 84.8 Å². The molecule has 2 aliphatic heterocycles. The van der Waals surface area contributed by atoms with Crippen molar-refractivity contribution >= 4 is 40.4 Å². The van der Waals surface area contributed by atoms with E-state index in [9.17, 15) is 19.2 Å². The smallest absolute Gasteiger partial charge is 0.274 e. The lowest BCUT2D eigenvalue weighted by Crippen LogP contribution is -2.63. The summed E-state index contributed by atoms with van der Waals surface area (Å²) >= 11 is 0. The topological polar surface area (TPSA) is 120 Å². The number of carbonyl (C=O) groups is 3. The van der Waals surface area contributed by atoms with Crippen LogP contribution in [0.1, 0.15) is 83.1 Å². The van der Waals surface area contributed by atoms with Gasteiger partial charge in [-0.3, -0.25) is 29.4 Å². The van der Waals surface area contributed by atoms with E-state index in [2.05, 4.69) is 76.3 Å². The Morgan fingerprint density at radius 2 is 1.56 bits per heavy atom. The van der Waals surface area contributed by atoms with Gasteiger partial charge in [0.05, 0.1) is 17.6 Å². The number of carbonyl (C=O) groups excluding carboxylic acids is 3. The standard InChI is InChI=1S/C39H53N7O4/c1-27(6-13-34(48)40-26-47)46-36(50)33-12-11-32(22-30(33)23-41-46)45-20-18-43(19-21-45)24-28-14-16-44(17-15-28)31-9-7-29(8-10-31)35(49)42-37-38(2,3)25-39(37,4)5/h7-12,22-23,26-28,37H,6,13-21,24-25H2,1-5H3,(H,42,49)(H,40,47,48). The maximum atomic E-state index is 13.2. The summed E-state index contributed by atoms with van der Waals surface area (Å²) in [5.74, 6) is 0.328. The largest absolute Gasteiger partial charge is 0.372 e. The minimum Gasteiger partial charge on any atom is -0.372 e. The van der Waals surface area contributed by atoms with Gasteiger partial charge in [0, 0.05) is 80.6 Å². The predicted octanol–water partition coefficient (Wildman–Crippen LogP) is 4.60. The van der Waals surface area contributed by atoms with Gasteiger partial charge in [-0.25, -0.2) is 4.68 Å². The third kappa shape index (κ3) is 7.72. The lowest BCUT2D eigenvalue weighted by atomic mass is 9.52. The molecule has 3 aromatic rings. The summed E-state index contributed by atoms with van der Waals surface area (Å²) in [7, 11) is 0. The van der Waals surface area contributed by atoms with Crippen molar-refractivity contribution in [1.29, 1.82) is 0 Å². The lowest BCUT2D eigenvalue weighted by molar-refractivity contribution is -0.125. The van der Waals surface area contributed by atoms with E-state index < -0.39 is 0 Å². The normalized spacial score (nSPS) is 20.3. The number of aromatic nitrogens is 2. The molecule has 3 amide bonds. The molecule has 3 fully saturated rings. The summed E-state index contributed by atoms with van der Waals surface area (Å²) in [5, 5.41) is 11.3. The Morgan fingerprint density at radius 3 is 2.20 bits per heavy atom. The Labute approximate surface area is 295 Å². The summed E-state index contributed by atoms with van der Waals surface area (Å²) in [6.45, 7) is 17.8. The van der Waals surface area contributed by atoms with Crippen molar-refractivity contribution in [2.24, 2.45) is 16.7 Å². The van der Waals surface area contributed by atoms with Crippen molar-refractivity contribution in [2.45, 2.75) is 78.8 Å². The number of amides is 3. The monoisotopic (exact) mass is 683 g/mol. The molecule has 1 aliphatic carbocycles. The lowest BCUT2D eigenvalue weighted by Gasteiger charge is -2.57. The third-order valence-corrected chi connectivity index (χ3v) is 11.3. The second-order valence-corrected chi connectivity index (χ2v) is 16.1. The van der Waals surface area contributed by atoms with Crippen molar-refractivity contribution in [1.82, 2.24) is 25.3 Å². The molecule has 268 valence electrons. The number of anilines is 2. The first-order chi connectivity index (χ1) is 23.8. The number of imide groups is 1. The predicted molar refractivity (Wildman–Crippen MR) is 198 cm³/mol. The van der Waals surface area contributed by atoms with Crippen molar-refractivity contribution < 1.29 is 14.4 Å². The van der Waals surface area contributed by atoms with Crippen molar-refractivity contribution in [3.63, 3.8) is 0 Å². The molecule has 3 heterocycles. The molecule has 0 radical (unpaired) electrons. The summed E-state index contributed by atoms with van der Waals surface area (Å²) in [4.78, 5) is 55.8. The van der Waals surface area contributed by atoms with Crippen LogP contribution in [0.4, 0.5) is 11.4 Å². The molecule has 11 heteroatoms. The Morgan fingerprint density at radius 1 is 0.920 bits per heavy atom. The average molecular weight is 684 g/mol. The SMILES string of the molecule is CC(CCC(=O)NC=O)n1ncc2cc(N3CCN(CC4CCN(c5ccc(C(=O)NC6C(C)(C)CC6(C)C)cc5)CC4)CC3)ccc2c1=O. The molecule has 2 N–H and O–H groups in total. The number of nitrogens with one attached hydrogen (secondary N) is 2. The van der Waals surface area contributed by atoms with Gasteiger partial charge in [0.2, 0.25) is 12.3 Å². The van der Waals surface area contributed by atoms with Gasteiger partial charge in [0.25, 0.3) is 11.5 Å². The van der Waals surface area contributed by atoms with E-state index >= 15 is 0 Å². The zero-order valence-corrected chi connectivity index (χ0v) is 30.3. The summed E-state index contributed by atoms with van der Waals surface area (Å²) in [6, 6.07) is 14.0. The zero-order chi connectivity index (χ0) is 35.6. The summed E-state index contributed by atoms with van der Waals surface area (Å²) in [6.07, 6.45) is 6.09. The van der Waals surface area contributed by atoms with E-state index in [0.29, 0.717) is 24.1 Å². The van der Waals surface area contributed by atoms with Gasteiger partial charge in [0.1, 0.15) is 0 Å². The first kappa shape index (κ1) is 35.6. The first-order valence-corrected chi connectivity index (χ1v) is 18.2. The number of benzene rings is 2. The van der Waals surface area contributed by atoms with Crippen LogP contribution >= 0.6 is 0 Å². The molecular weight excluding hydrogens is 630 g/mol. The molecule has 2 aromatic carbocycles. The number of rotatable bonds is 11. The Bertz CT molecular complexity index is 1740. The summed E-state index contributed by atoms with van der Waals surface area (Å²) < 4.78 is 1.42. The number of hydrogen-bond acceptors (Lipinski definition) is 8. The Balaban J connectivity index is 0.953. The van der Waals surface area contributed by atoms with Crippen LogP contribution in [0.25, 0.3) is 10.8 Å². The second kappa shape index (κ2) is 14.5. The highest BCUT2D eigenvalue weighted by Gasteiger charge is 2.53. The highest BCUT2D eigenvalue weighted by Crippen LogP contribution is 2.53. The molecule has 11 nitrogen and oxygen atoms in total. The Kier molecular flexibility index (Phi) is 10.3. The fourth-order valence-corrected chi connectivity index (χ4v) is 8.92. The number of piperidine rings is 1. The fraction of sp³-hybridized carbons (Fsp3) is 0.564. The maximum absolute atomic E-state index is 13.2. The van der Waals surface area contributed by atoms with Gasteiger partial charge in [-0.1, -0.05) is 27.7 Å². The molecular formula is C39H53N7O4. The highest BCUT2D eigenvalue weighted by molar-refractivity contribution is 5.95. The molecule has 6 rings (SSSR count). The van der Waals surface area contributed by atoms with E-state index in [-0.39, 0.29) is 46.7 Å². The van der Waals surface area contributed by atoms with Gasteiger partial charge < -0.3 is 15.1 Å². The molecule has 50 heavy (non-hydrogen) atoms. The van der Waals surface area contributed by atoms with Gasteiger partial charge in [-0.15, -0.1) is 0 Å². The molecule has 3 aliphatic rings. The van der Waals surface area contributed by atoms with Crippen molar-refractivity contribution in [3.8, 4) is 0 Å². The van der Waals surface area contributed by atoms with E-state index in [4.69, 9.17) is 0 Å². The minimum absolute atomic E-state index is 0.0205. The molecule has 0 spiro atoms. The highest BCUT2D eigenvalue weighted by atomic mass is 16.2. The van der Waals surface area contributed by atoms with Gasteiger partial charge >= 0.3 is 0 Å². The number of piperazine rings is 1.